The molecule has 0 radical (unpaired) electrons. The van der Waals surface area contributed by atoms with E-state index in [-0.39, 0.29) is 25.2 Å². The minimum Gasteiger partial charge on any atom is -0.462 e. The molecule has 5 nitrogen and oxygen atoms in total. The van der Waals surface area contributed by atoms with Gasteiger partial charge in [0.1, 0.15) is 6.61 Å². The lowest BCUT2D eigenvalue weighted by Crippen LogP contribution is -2.28. The van der Waals surface area contributed by atoms with E-state index in [4.69, 9.17) is 9.47 Å². The van der Waals surface area contributed by atoms with E-state index < -0.39 is 6.10 Å². The highest BCUT2D eigenvalue weighted by Crippen LogP contribution is 2.10. The molecule has 0 fully saturated rings. The fourth-order valence-corrected chi connectivity index (χ4v) is 3.66. The quantitative estimate of drug-likeness (QED) is 0.0747. The summed E-state index contributed by atoms with van der Waals surface area (Å²) in [5.41, 5.74) is 0. The van der Waals surface area contributed by atoms with Crippen molar-refractivity contribution in [3.8, 4) is 0 Å². The molecule has 0 saturated carbocycles. The Morgan fingerprint density at radius 3 is 1.76 bits per heavy atom. The Bertz CT molecular complexity index is 648. The lowest BCUT2D eigenvalue weighted by Gasteiger charge is -2.15. The molecule has 0 spiro atoms. The van der Waals surface area contributed by atoms with E-state index in [0.717, 1.165) is 64.2 Å². The first-order chi connectivity index (χ1) is 18.1. The van der Waals surface area contributed by atoms with Gasteiger partial charge in [0, 0.05) is 12.8 Å². The van der Waals surface area contributed by atoms with E-state index in [1.807, 2.05) is 0 Å². The summed E-state index contributed by atoms with van der Waals surface area (Å²) in [6, 6.07) is 0. The second-order valence-corrected chi connectivity index (χ2v) is 9.45. The van der Waals surface area contributed by atoms with Crippen molar-refractivity contribution in [2.24, 2.45) is 0 Å². The molecule has 0 saturated heterocycles. The van der Waals surface area contributed by atoms with E-state index in [1.54, 1.807) is 0 Å². The number of hydrogen-bond acceptors (Lipinski definition) is 5. The number of hydrogen-bond donors (Lipinski definition) is 1. The van der Waals surface area contributed by atoms with Crippen LogP contribution in [-0.2, 0) is 19.1 Å². The van der Waals surface area contributed by atoms with Gasteiger partial charge in [0.05, 0.1) is 6.61 Å². The van der Waals surface area contributed by atoms with Crippen LogP contribution in [-0.4, -0.2) is 36.4 Å². The number of aliphatic hydroxyl groups excluding tert-OH is 1. The van der Waals surface area contributed by atoms with Crippen LogP contribution in [0.2, 0.25) is 0 Å². The van der Waals surface area contributed by atoms with Crippen molar-refractivity contribution in [1.82, 2.24) is 0 Å². The minimum absolute atomic E-state index is 0.0833. The third-order valence-corrected chi connectivity index (χ3v) is 5.89. The molecule has 0 aromatic carbocycles. The van der Waals surface area contributed by atoms with Gasteiger partial charge in [-0.15, -0.1) is 0 Å². The number of aliphatic hydroxyl groups is 1. The van der Waals surface area contributed by atoms with Crippen molar-refractivity contribution in [2.75, 3.05) is 13.2 Å². The number of carbonyl (C=O) groups is 2. The summed E-state index contributed by atoms with van der Waals surface area (Å²) in [6.45, 7) is 3.92. The number of allylic oxidation sites excluding steroid dienone is 8. The van der Waals surface area contributed by atoms with Crippen LogP contribution in [0.3, 0.4) is 0 Å². The SMILES string of the molecule is CC/C=C\C/C=C\C/C=C\C/C=C\CCCCC(=O)OC(CO)COC(=O)CCCCCCCCCC. The van der Waals surface area contributed by atoms with E-state index >= 15 is 0 Å². The molecule has 212 valence electrons. The average Bonchev–Trinajstić information content (AvgIpc) is 2.90. The van der Waals surface area contributed by atoms with Crippen LogP contribution >= 0.6 is 0 Å². The number of carbonyl (C=O) groups excluding carboxylic acids is 2. The Morgan fingerprint density at radius 2 is 1.16 bits per heavy atom. The van der Waals surface area contributed by atoms with Gasteiger partial charge >= 0.3 is 11.9 Å². The van der Waals surface area contributed by atoms with Crippen LogP contribution in [0.15, 0.2) is 48.6 Å². The zero-order valence-electron chi connectivity index (χ0n) is 23.7. The molecule has 0 heterocycles. The van der Waals surface area contributed by atoms with Gasteiger partial charge in [0.15, 0.2) is 6.10 Å². The number of rotatable bonds is 25. The second-order valence-electron chi connectivity index (χ2n) is 9.45. The third kappa shape index (κ3) is 26.7. The molecular weight excluding hydrogens is 464 g/mol. The first kappa shape index (κ1) is 34.9. The monoisotopic (exact) mass is 518 g/mol. The van der Waals surface area contributed by atoms with Gasteiger partial charge in [0.2, 0.25) is 0 Å². The van der Waals surface area contributed by atoms with Gasteiger partial charge in [-0.25, -0.2) is 0 Å². The van der Waals surface area contributed by atoms with Crippen molar-refractivity contribution < 1.29 is 24.2 Å². The molecule has 0 bridgehead atoms. The zero-order valence-corrected chi connectivity index (χ0v) is 23.7. The summed E-state index contributed by atoms with van der Waals surface area (Å²) in [4.78, 5) is 23.9. The standard InChI is InChI=1S/C32H54O5/c1-3-5-7-9-11-13-14-15-16-17-18-19-21-23-25-27-32(35)37-30(28-33)29-36-31(34)26-24-22-20-12-10-8-6-4-2/h5,7,11,13,15-16,18-19,30,33H,3-4,6,8-10,12,14,17,20-29H2,1-2H3/b7-5-,13-11-,16-15-,19-18-. The predicted molar refractivity (Wildman–Crippen MR) is 154 cm³/mol. The van der Waals surface area contributed by atoms with Crippen LogP contribution in [0.5, 0.6) is 0 Å². The smallest absolute Gasteiger partial charge is 0.306 e. The molecule has 1 unspecified atom stereocenters. The molecule has 0 aliphatic carbocycles. The minimum atomic E-state index is -0.788. The van der Waals surface area contributed by atoms with Gasteiger partial charge in [-0.05, 0) is 51.4 Å². The van der Waals surface area contributed by atoms with Gasteiger partial charge in [-0.3, -0.25) is 9.59 Å². The topological polar surface area (TPSA) is 72.8 Å². The highest BCUT2D eigenvalue weighted by atomic mass is 16.6. The maximum atomic E-state index is 12.0. The fourth-order valence-electron chi connectivity index (χ4n) is 3.66. The highest BCUT2D eigenvalue weighted by molar-refractivity contribution is 5.70. The summed E-state index contributed by atoms with van der Waals surface area (Å²) in [7, 11) is 0. The molecule has 37 heavy (non-hydrogen) atoms. The van der Waals surface area contributed by atoms with Gasteiger partial charge in [-0.2, -0.15) is 0 Å². The zero-order chi connectivity index (χ0) is 27.2. The van der Waals surface area contributed by atoms with Crippen LogP contribution in [0.25, 0.3) is 0 Å². The first-order valence-electron chi connectivity index (χ1n) is 14.7. The fraction of sp³-hybridized carbons (Fsp3) is 0.688. The van der Waals surface area contributed by atoms with Gasteiger partial charge < -0.3 is 14.6 Å². The summed E-state index contributed by atoms with van der Waals surface area (Å²) < 4.78 is 10.4. The van der Waals surface area contributed by atoms with E-state index in [0.29, 0.717) is 12.8 Å². The molecule has 0 rings (SSSR count). The maximum absolute atomic E-state index is 12.0. The number of ether oxygens (including phenoxy) is 2. The average molecular weight is 519 g/mol. The van der Waals surface area contributed by atoms with Crippen LogP contribution in [0.1, 0.15) is 123 Å². The van der Waals surface area contributed by atoms with Crippen molar-refractivity contribution in [2.45, 2.75) is 129 Å². The highest BCUT2D eigenvalue weighted by Gasteiger charge is 2.15. The first-order valence-corrected chi connectivity index (χ1v) is 14.7. The van der Waals surface area contributed by atoms with Crippen LogP contribution in [0.4, 0.5) is 0 Å². The van der Waals surface area contributed by atoms with E-state index in [1.165, 1.54) is 32.1 Å². The third-order valence-electron chi connectivity index (χ3n) is 5.89. The Morgan fingerprint density at radius 1 is 0.649 bits per heavy atom. The molecule has 0 aliphatic heterocycles. The van der Waals surface area contributed by atoms with E-state index in [2.05, 4.69) is 62.5 Å². The molecular formula is C32H54O5. The van der Waals surface area contributed by atoms with Crippen LogP contribution < -0.4 is 0 Å². The Kier molecular flexibility index (Phi) is 26.8. The molecule has 1 N–H and O–H groups in total. The van der Waals surface area contributed by atoms with Gasteiger partial charge in [0.25, 0.3) is 0 Å². The molecule has 1 atom stereocenters. The van der Waals surface area contributed by atoms with Gasteiger partial charge in [-0.1, -0.05) is 107 Å². The summed E-state index contributed by atoms with van der Waals surface area (Å²) in [5, 5.41) is 9.44. The molecule has 0 amide bonds. The number of unbranched alkanes of at least 4 members (excludes halogenated alkanes) is 9. The molecule has 5 heteroatoms. The summed E-state index contributed by atoms with van der Waals surface area (Å²) in [6.07, 6.45) is 33.1. The maximum Gasteiger partial charge on any atom is 0.306 e. The Hall–Kier alpha value is -2.14. The Balaban J connectivity index is 3.73. The van der Waals surface area contributed by atoms with E-state index in [9.17, 15) is 14.7 Å². The summed E-state index contributed by atoms with van der Waals surface area (Å²) >= 11 is 0. The van der Waals surface area contributed by atoms with Crippen molar-refractivity contribution in [3.63, 3.8) is 0 Å². The van der Waals surface area contributed by atoms with Crippen molar-refractivity contribution >= 4 is 11.9 Å². The largest absolute Gasteiger partial charge is 0.462 e. The second kappa shape index (κ2) is 28.4. The normalized spacial score (nSPS) is 12.8. The summed E-state index contributed by atoms with van der Waals surface area (Å²) in [5.74, 6) is -0.651. The molecule has 0 aromatic heterocycles. The Labute approximate surface area is 227 Å². The lowest BCUT2D eigenvalue weighted by atomic mass is 10.1. The predicted octanol–water partition coefficient (Wildman–Crippen LogP) is 8.33. The van der Waals surface area contributed by atoms with Crippen LogP contribution in [0, 0.1) is 0 Å². The van der Waals surface area contributed by atoms with Crippen molar-refractivity contribution in [1.29, 1.82) is 0 Å². The molecule has 0 aliphatic rings. The van der Waals surface area contributed by atoms with Crippen molar-refractivity contribution in [3.05, 3.63) is 48.6 Å². The number of esters is 2. The lowest BCUT2D eigenvalue weighted by molar-refractivity contribution is -0.161. The molecule has 0 aromatic rings.